The van der Waals surface area contributed by atoms with Crippen molar-refractivity contribution in [3.8, 4) is 11.9 Å². The van der Waals surface area contributed by atoms with E-state index in [2.05, 4.69) is 9.72 Å². The number of halogens is 2. The molecule has 0 aliphatic carbocycles. The average Bonchev–Trinajstić information content (AvgIpc) is 2.15. The molecule has 0 aliphatic rings. The van der Waals surface area contributed by atoms with Crippen LogP contribution in [0.5, 0.6) is 5.88 Å². The molecule has 1 aromatic heterocycles. The van der Waals surface area contributed by atoms with Gasteiger partial charge in [0.05, 0.1) is 11.3 Å². The van der Waals surface area contributed by atoms with Gasteiger partial charge < -0.3 is 10.5 Å². The zero-order valence-corrected chi connectivity index (χ0v) is 7.08. The first-order valence-electron chi connectivity index (χ1n) is 3.70. The van der Waals surface area contributed by atoms with Gasteiger partial charge in [-0.1, -0.05) is 0 Å². The number of ether oxygens (including phenoxy) is 1. The number of nitrogens with two attached hydrogens (primary N) is 1. The predicted molar refractivity (Wildman–Crippen MR) is 44.9 cm³/mol. The van der Waals surface area contributed by atoms with Crippen molar-refractivity contribution in [1.29, 1.82) is 5.26 Å². The summed E-state index contributed by atoms with van der Waals surface area (Å²) in [6, 6.07) is 3.13. The van der Waals surface area contributed by atoms with Crippen LogP contribution in [-0.2, 0) is 0 Å². The van der Waals surface area contributed by atoms with Crippen LogP contribution in [0, 0.1) is 11.3 Å². The molecule has 1 heterocycles. The summed E-state index contributed by atoms with van der Waals surface area (Å²) in [6.45, 7) is -0.761. The molecule has 6 heteroatoms. The normalized spacial score (nSPS) is 9.86. The molecular formula is C8H7F2N3O. The molecular weight excluding hydrogens is 192 g/mol. The lowest BCUT2D eigenvalue weighted by Crippen LogP contribution is -2.09. The van der Waals surface area contributed by atoms with Gasteiger partial charge in [0.15, 0.2) is 6.61 Å². The number of pyridine rings is 1. The van der Waals surface area contributed by atoms with Crippen LogP contribution in [0.2, 0.25) is 0 Å². The van der Waals surface area contributed by atoms with Gasteiger partial charge in [0.1, 0.15) is 6.07 Å². The van der Waals surface area contributed by atoms with Crippen LogP contribution < -0.4 is 10.5 Å². The molecule has 0 atom stereocenters. The minimum Gasteiger partial charge on any atom is -0.470 e. The summed E-state index contributed by atoms with van der Waals surface area (Å²) in [5, 5.41) is 8.46. The van der Waals surface area contributed by atoms with Gasteiger partial charge in [-0.05, 0) is 6.07 Å². The van der Waals surface area contributed by atoms with Gasteiger partial charge in [0.2, 0.25) is 5.88 Å². The third kappa shape index (κ3) is 2.55. The summed E-state index contributed by atoms with van der Waals surface area (Å²) >= 11 is 0. The molecule has 0 radical (unpaired) electrons. The summed E-state index contributed by atoms with van der Waals surface area (Å²) in [4.78, 5) is 3.62. The van der Waals surface area contributed by atoms with Crippen LogP contribution in [0.1, 0.15) is 5.56 Å². The molecule has 0 amide bonds. The van der Waals surface area contributed by atoms with E-state index in [-0.39, 0.29) is 17.1 Å². The molecule has 0 unspecified atom stereocenters. The van der Waals surface area contributed by atoms with Crippen LogP contribution in [-0.4, -0.2) is 18.0 Å². The third-order valence-corrected chi connectivity index (χ3v) is 1.35. The highest BCUT2D eigenvalue weighted by Gasteiger charge is 2.07. The molecule has 0 fully saturated rings. The number of nitrogens with zero attached hydrogens (tertiary/aromatic N) is 2. The number of rotatable bonds is 3. The van der Waals surface area contributed by atoms with Crippen molar-refractivity contribution in [1.82, 2.24) is 4.98 Å². The van der Waals surface area contributed by atoms with E-state index in [0.29, 0.717) is 0 Å². The molecule has 14 heavy (non-hydrogen) atoms. The van der Waals surface area contributed by atoms with E-state index in [1.165, 1.54) is 12.3 Å². The predicted octanol–water partition coefficient (Wildman–Crippen LogP) is 1.18. The zero-order chi connectivity index (χ0) is 10.6. The number of nitriles is 1. The highest BCUT2D eigenvalue weighted by molar-refractivity contribution is 5.51. The van der Waals surface area contributed by atoms with Gasteiger partial charge in [-0.3, -0.25) is 0 Å². The lowest BCUT2D eigenvalue weighted by molar-refractivity contribution is 0.0800. The molecule has 1 rings (SSSR count). The molecule has 4 nitrogen and oxygen atoms in total. The Kier molecular flexibility index (Phi) is 3.18. The summed E-state index contributed by atoms with van der Waals surface area (Å²) in [5.74, 6) is -0.0794. The Labute approximate surface area is 78.9 Å². The number of alkyl halides is 2. The van der Waals surface area contributed by atoms with Crippen LogP contribution in [0.25, 0.3) is 0 Å². The first-order chi connectivity index (χ1) is 6.63. The Hall–Kier alpha value is -1.90. The maximum absolute atomic E-state index is 11.8. The lowest BCUT2D eigenvalue weighted by atomic mass is 10.3. The topological polar surface area (TPSA) is 71.9 Å². The van der Waals surface area contributed by atoms with E-state index in [0.717, 1.165) is 0 Å². The van der Waals surface area contributed by atoms with Crippen molar-refractivity contribution in [3.63, 3.8) is 0 Å². The first kappa shape index (κ1) is 10.2. The summed E-state index contributed by atoms with van der Waals surface area (Å²) in [6.07, 6.45) is -1.37. The summed E-state index contributed by atoms with van der Waals surface area (Å²) in [7, 11) is 0. The fourth-order valence-corrected chi connectivity index (χ4v) is 0.793. The molecule has 0 aromatic carbocycles. The van der Waals surface area contributed by atoms with Crippen LogP contribution in [0.4, 0.5) is 14.5 Å². The van der Waals surface area contributed by atoms with Crippen molar-refractivity contribution < 1.29 is 13.5 Å². The Morgan fingerprint density at radius 2 is 2.36 bits per heavy atom. The van der Waals surface area contributed by atoms with E-state index in [1.54, 1.807) is 0 Å². The maximum Gasteiger partial charge on any atom is 0.272 e. The van der Waals surface area contributed by atoms with Crippen molar-refractivity contribution in [2.75, 3.05) is 12.3 Å². The molecule has 0 bridgehead atoms. The van der Waals surface area contributed by atoms with E-state index in [9.17, 15) is 8.78 Å². The molecule has 0 spiro atoms. The fourth-order valence-electron chi connectivity index (χ4n) is 0.793. The number of nitrogen functional groups attached to an aromatic ring is 1. The Morgan fingerprint density at radius 1 is 1.64 bits per heavy atom. The van der Waals surface area contributed by atoms with Crippen LogP contribution in [0.15, 0.2) is 12.3 Å². The quantitative estimate of drug-likeness (QED) is 0.793. The standard InChI is InChI=1S/C8H7F2N3O/c9-7(10)4-14-8-6(12)1-5(2-11)3-13-8/h1,3,7H,4,12H2. The molecule has 0 aliphatic heterocycles. The molecule has 2 N–H and O–H groups in total. The smallest absolute Gasteiger partial charge is 0.272 e. The first-order valence-corrected chi connectivity index (χ1v) is 3.70. The van der Waals surface area contributed by atoms with Gasteiger partial charge in [0.25, 0.3) is 6.43 Å². The minimum atomic E-state index is -2.58. The molecule has 1 aromatic rings. The lowest BCUT2D eigenvalue weighted by Gasteiger charge is -2.06. The van der Waals surface area contributed by atoms with E-state index >= 15 is 0 Å². The average molecular weight is 199 g/mol. The summed E-state index contributed by atoms with van der Waals surface area (Å²) in [5.41, 5.74) is 5.73. The van der Waals surface area contributed by atoms with Gasteiger partial charge in [-0.2, -0.15) is 5.26 Å². The van der Waals surface area contributed by atoms with E-state index < -0.39 is 13.0 Å². The van der Waals surface area contributed by atoms with Gasteiger partial charge >= 0.3 is 0 Å². The SMILES string of the molecule is N#Cc1cnc(OCC(F)F)c(N)c1. The summed E-state index contributed by atoms with van der Waals surface area (Å²) < 4.78 is 28.1. The Balaban J connectivity index is 2.75. The van der Waals surface area contributed by atoms with Crippen molar-refractivity contribution in [2.24, 2.45) is 0 Å². The largest absolute Gasteiger partial charge is 0.470 e. The van der Waals surface area contributed by atoms with Gasteiger partial charge in [-0.15, -0.1) is 0 Å². The Bertz CT molecular complexity index is 362. The highest BCUT2D eigenvalue weighted by Crippen LogP contribution is 2.18. The van der Waals surface area contributed by atoms with Gasteiger partial charge in [-0.25, -0.2) is 13.8 Å². The third-order valence-electron chi connectivity index (χ3n) is 1.35. The second-order valence-corrected chi connectivity index (χ2v) is 2.43. The number of hydrogen-bond acceptors (Lipinski definition) is 4. The van der Waals surface area contributed by atoms with Crippen LogP contribution in [0.3, 0.4) is 0 Å². The zero-order valence-electron chi connectivity index (χ0n) is 7.08. The maximum atomic E-state index is 11.8. The second kappa shape index (κ2) is 4.37. The molecule has 0 saturated carbocycles. The number of aromatic nitrogens is 1. The van der Waals surface area contributed by atoms with E-state index in [4.69, 9.17) is 11.0 Å². The minimum absolute atomic E-state index is 0.0738. The van der Waals surface area contributed by atoms with Crippen LogP contribution >= 0.6 is 0 Å². The molecule has 0 saturated heterocycles. The number of hydrogen-bond donors (Lipinski definition) is 1. The number of anilines is 1. The second-order valence-electron chi connectivity index (χ2n) is 2.43. The van der Waals surface area contributed by atoms with Gasteiger partial charge in [0, 0.05) is 6.20 Å². The van der Waals surface area contributed by atoms with Crippen molar-refractivity contribution in [2.45, 2.75) is 6.43 Å². The van der Waals surface area contributed by atoms with Crippen molar-refractivity contribution >= 4 is 5.69 Å². The van der Waals surface area contributed by atoms with E-state index in [1.807, 2.05) is 6.07 Å². The Morgan fingerprint density at radius 3 is 2.86 bits per heavy atom. The molecule has 74 valence electrons. The monoisotopic (exact) mass is 199 g/mol. The fraction of sp³-hybridized carbons (Fsp3) is 0.250. The highest BCUT2D eigenvalue weighted by atomic mass is 19.3. The van der Waals surface area contributed by atoms with Crippen molar-refractivity contribution in [3.05, 3.63) is 17.8 Å².